The van der Waals surface area contributed by atoms with Gasteiger partial charge in [-0.25, -0.2) is 0 Å². The van der Waals surface area contributed by atoms with Crippen LogP contribution in [0, 0.1) is 13.8 Å². The number of ether oxygens (including phenoxy) is 2. The molecule has 1 heterocycles. The second-order valence-electron chi connectivity index (χ2n) is 7.80. The van der Waals surface area contributed by atoms with Gasteiger partial charge in [-0.05, 0) is 44.2 Å². The van der Waals surface area contributed by atoms with Gasteiger partial charge in [-0.1, -0.05) is 17.2 Å². The maximum absolute atomic E-state index is 12.8. The van der Waals surface area contributed by atoms with Gasteiger partial charge in [0, 0.05) is 37.3 Å². The van der Waals surface area contributed by atoms with E-state index in [0.29, 0.717) is 48.8 Å². The van der Waals surface area contributed by atoms with Gasteiger partial charge in [0.25, 0.3) is 11.8 Å². The number of rotatable bonds is 6. The zero-order valence-corrected chi connectivity index (χ0v) is 18.9. The van der Waals surface area contributed by atoms with Crippen molar-refractivity contribution in [3.63, 3.8) is 0 Å². The minimum Gasteiger partial charge on any atom is -0.493 e. The Bertz CT molecular complexity index is 992. The average molecular weight is 440 g/mol. The highest BCUT2D eigenvalue weighted by Gasteiger charge is 2.25. The van der Waals surface area contributed by atoms with Gasteiger partial charge in [-0.3, -0.25) is 14.4 Å². The molecule has 1 aliphatic heterocycles. The largest absolute Gasteiger partial charge is 0.493 e. The van der Waals surface area contributed by atoms with Crippen LogP contribution in [0.25, 0.3) is 0 Å². The summed E-state index contributed by atoms with van der Waals surface area (Å²) in [4.78, 5) is 41.1. The lowest BCUT2D eigenvalue weighted by molar-refractivity contribution is -0.131. The highest BCUT2D eigenvalue weighted by molar-refractivity contribution is 5.97. The lowest BCUT2D eigenvalue weighted by atomic mass is 10.1. The molecule has 0 aliphatic carbocycles. The summed E-state index contributed by atoms with van der Waals surface area (Å²) in [5.41, 5.74) is 3.04. The van der Waals surface area contributed by atoms with E-state index < -0.39 is 0 Å². The number of carbonyl (C=O) groups excluding carboxylic acids is 3. The fourth-order valence-electron chi connectivity index (χ4n) is 3.79. The van der Waals surface area contributed by atoms with Gasteiger partial charge >= 0.3 is 0 Å². The number of methoxy groups -OCH3 is 2. The van der Waals surface area contributed by atoms with Crippen LogP contribution in [0.5, 0.6) is 11.5 Å². The first-order chi connectivity index (χ1) is 15.3. The Morgan fingerprint density at radius 2 is 1.41 bits per heavy atom. The van der Waals surface area contributed by atoms with Crippen molar-refractivity contribution < 1.29 is 23.9 Å². The molecule has 1 saturated heterocycles. The molecule has 0 bridgehead atoms. The maximum Gasteiger partial charge on any atom is 0.254 e. The fraction of sp³-hybridized carbons (Fsp3) is 0.375. The molecule has 0 atom stereocenters. The monoisotopic (exact) mass is 439 g/mol. The van der Waals surface area contributed by atoms with Crippen LogP contribution in [-0.4, -0.2) is 74.5 Å². The molecule has 8 heteroatoms. The number of amides is 3. The molecule has 0 saturated carbocycles. The first kappa shape index (κ1) is 23.1. The molecule has 2 aromatic carbocycles. The maximum atomic E-state index is 12.8. The SMILES string of the molecule is COc1ccc(C(=O)N2CCN(C(=O)CNC(=O)c3cc(C)cc(C)c3)CC2)cc1OC. The average Bonchev–Trinajstić information content (AvgIpc) is 2.80. The molecule has 8 nitrogen and oxygen atoms in total. The van der Waals surface area contributed by atoms with Crippen molar-refractivity contribution in [2.24, 2.45) is 0 Å². The lowest BCUT2D eigenvalue weighted by Crippen LogP contribution is -2.52. The summed E-state index contributed by atoms with van der Waals surface area (Å²) in [5.74, 6) is 0.489. The Morgan fingerprint density at radius 1 is 0.812 bits per heavy atom. The minimum absolute atomic E-state index is 0.0740. The van der Waals surface area contributed by atoms with Gasteiger partial charge in [-0.15, -0.1) is 0 Å². The standard InChI is InChI=1S/C24H29N3O5/c1-16-11-17(2)13-19(12-16)23(29)25-15-22(28)26-7-9-27(10-8-26)24(30)18-5-6-20(31-3)21(14-18)32-4/h5-6,11-14H,7-10,15H2,1-4H3,(H,25,29). The third-order valence-electron chi connectivity index (χ3n) is 5.43. The topological polar surface area (TPSA) is 88.2 Å². The molecule has 3 amide bonds. The first-order valence-corrected chi connectivity index (χ1v) is 10.5. The number of piperazine rings is 1. The van der Waals surface area contributed by atoms with Crippen LogP contribution in [0.4, 0.5) is 0 Å². The van der Waals surface area contributed by atoms with Crippen LogP contribution in [0.1, 0.15) is 31.8 Å². The number of hydrogen-bond acceptors (Lipinski definition) is 5. The second kappa shape index (κ2) is 10.2. The van der Waals surface area contributed by atoms with Gasteiger partial charge < -0.3 is 24.6 Å². The van der Waals surface area contributed by atoms with Crippen molar-refractivity contribution in [2.75, 3.05) is 46.9 Å². The Balaban J connectivity index is 1.52. The highest BCUT2D eigenvalue weighted by Crippen LogP contribution is 2.28. The van der Waals surface area contributed by atoms with Gasteiger partial charge in [0.15, 0.2) is 11.5 Å². The number of aryl methyl sites for hydroxylation is 2. The van der Waals surface area contributed by atoms with Crippen LogP contribution < -0.4 is 14.8 Å². The molecule has 1 aliphatic rings. The van der Waals surface area contributed by atoms with E-state index in [1.807, 2.05) is 19.9 Å². The van der Waals surface area contributed by atoms with E-state index in [1.165, 1.54) is 7.11 Å². The summed E-state index contributed by atoms with van der Waals surface area (Å²) in [5, 5.41) is 2.70. The van der Waals surface area contributed by atoms with E-state index in [4.69, 9.17) is 9.47 Å². The smallest absolute Gasteiger partial charge is 0.254 e. The van der Waals surface area contributed by atoms with E-state index in [1.54, 1.807) is 47.2 Å². The molecule has 0 aromatic heterocycles. The molecule has 170 valence electrons. The normalized spacial score (nSPS) is 13.5. The van der Waals surface area contributed by atoms with Gasteiger partial charge in [0.2, 0.25) is 5.91 Å². The highest BCUT2D eigenvalue weighted by atomic mass is 16.5. The van der Waals surface area contributed by atoms with Gasteiger partial charge in [0.05, 0.1) is 20.8 Å². The van der Waals surface area contributed by atoms with Crippen molar-refractivity contribution >= 4 is 17.7 Å². The van der Waals surface area contributed by atoms with Crippen molar-refractivity contribution in [2.45, 2.75) is 13.8 Å². The summed E-state index contributed by atoms with van der Waals surface area (Å²) in [6.45, 7) is 5.45. The lowest BCUT2D eigenvalue weighted by Gasteiger charge is -2.35. The second-order valence-corrected chi connectivity index (χ2v) is 7.80. The van der Waals surface area contributed by atoms with Crippen LogP contribution in [-0.2, 0) is 4.79 Å². The van der Waals surface area contributed by atoms with Crippen LogP contribution in [0.15, 0.2) is 36.4 Å². The third kappa shape index (κ3) is 5.38. The number of nitrogens with zero attached hydrogens (tertiary/aromatic N) is 2. The molecule has 1 fully saturated rings. The molecule has 0 unspecified atom stereocenters. The fourth-order valence-corrected chi connectivity index (χ4v) is 3.79. The molecule has 2 aromatic rings. The Labute approximate surface area is 188 Å². The number of benzene rings is 2. The van der Waals surface area contributed by atoms with Crippen molar-refractivity contribution in [1.82, 2.24) is 15.1 Å². The molecule has 32 heavy (non-hydrogen) atoms. The summed E-state index contributed by atoms with van der Waals surface area (Å²) in [6.07, 6.45) is 0. The van der Waals surface area contributed by atoms with Crippen molar-refractivity contribution in [1.29, 1.82) is 0 Å². The van der Waals surface area contributed by atoms with E-state index in [0.717, 1.165) is 11.1 Å². The van der Waals surface area contributed by atoms with E-state index in [2.05, 4.69) is 5.32 Å². The van der Waals surface area contributed by atoms with Gasteiger partial charge in [-0.2, -0.15) is 0 Å². The third-order valence-corrected chi connectivity index (χ3v) is 5.43. The van der Waals surface area contributed by atoms with E-state index in [-0.39, 0.29) is 24.3 Å². The summed E-state index contributed by atoms with van der Waals surface area (Å²) < 4.78 is 10.5. The molecule has 3 rings (SSSR count). The number of hydrogen-bond donors (Lipinski definition) is 1. The number of carbonyl (C=O) groups is 3. The van der Waals surface area contributed by atoms with Crippen LogP contribution in [0.3, 0.4) is 0 Å². The predicted octanol–water partition coefficient (Wildman–Crippen LogP) is 2.04. The van der Waals surface area contributed by atoms with Crippen LogP contribution >= 0.6 is 0 Å². The first-order valence-electron chi connectivity index (χ1n) is 10.5. The Hall–Kier alpha value is -3.55. The van der Waals surface area contributed by atoms with Crippen LogP contribution in [0.2, 0.25) is 0 Å². The van der Waals surface area contributed by atoms with E-state index in [9.17, 15) is 14.4 Å². The van der Waals surface area contributed by atoms with Gasteiger partial charge in [0.1, 0.15) is 0 Å². The molecular formula is C24H29N3O5. The molecule has 1 N–H and O–H groups in total. The predicted molar refractivity (Wildman–Crippen MR) is 120 cm³/mol. The molecule has 0 spiro atoms. The summed E-state index contributed by atoms with van der Waals surface area (Å²) in [6, 6.07) is 10.6. The van der Waals surface area contributed by atoms with Crippen molar-refractivity contribution in [3.05, 3.63) is 58.7 Å². The minimum atomic E-state index is -0.271. The summed E-state index contributed by atoms with van der Waals surface area (Å²) >= 11 is 0. The van der Waals surface area contributed by atoms with Crippen molar-refractivity contribution in [3.8, 4) is 11.5 Å². The quantitative estimate of drug-likeness (QED) is 0.744. The summed E-state index contributed by atoms with van der Waals surface area (Å²) in [7, 11) is 3.06. The Morgan fingerprint density at radius 3 is 2.00 bits per heavy atom. The molecule has 0 radical (unpaired) electrons. The number of nitrogens with one attached hydrogen (secondary N) is 1. The van der Waals surface area contributed by atoms with E-state index >= 15 is 0 Å². The zero-order valence-electron chi connectivity index (χ0n) is 18.9. The Kier molecular flexibility index (Phi) is 7.35. The zero-order chi connectivity index (χ0) is 23.3. The molecular weight excluding hydrogens is 410 g/mol.